The van der Waals surface area contributed by atoms with Crippen LogP contribution in [0.1, 0.15) is 80.2 Å². The Bertz CT molecular complexity index is 473. The summed E-state index contributed by atoms with van der Waals surface area (Å²) in [6, 6.07) is 2.47. The Morgan fingerprint density at radius 3 is 2.50 bits per heavy atom. The molecular weight excluding hydrogens is 294 g/mol. The number of fused-ring (bicyclic) bond motifs is 1. The molecule has 2 N–H and O–H groups in total. The van der Waals surface area contributed by atoms with Crippen molar-refractivity contribution in [1.29, 1.82) is 0 Å². The first-order valence-corrected chi connectivity index (χ1v) is 8.70. The molecule has 1 atom stereocenters. The minimum Gasteiger partial charge on any atom is -0.507 e. The number of hydrogen-bond acceptors (Lipinski definition) is 2. The highest BCUT2D eigenvalue weighted by atomic mass is 35.5. The fourth-order valence-corrected chi connectivity index (χ4v) is 3.57. The number of aromatic hydroxyl groups is 1. The van der Waals surface area contributed by atoms with Gasteiger partial charge in [-0.05, 0) is 56.3 Å². The average Bonchev–Trinajstić information content (AvgIpc) is 2.88. The Hall–Kier alpha value is -0.730. The zero-order valence-corrected chi connectivity index (χ0v) is 15.2. The van der Waals surface area contributed by atoms with Gasteiger partial charge in [0, 0.05) is 11.6 Å². The second-order valence-electron chi connectivity index (χ2n) is 6.56. The van der Waals surface area contributed by atoms with Crippen molar-refractivity contribution in [3.63, 3.8) is 0 Å². The molecule has 22 heavy (non-hydrogen) atoms. The highest BCUT2D eigenvalue weighted by Gasteiger charge is 2.27. The van der Waals surface area contributed by atoms with Crippen LogP contribution in [0.5, 0.6) is 5.75 Å². The number of unbranched alkanes of at least 4 members (excludes halogenated alkanes) is 5. The zero-order valence-electron chi connectivity index (χ0n) is 14.4. The second kappa shape index (κ2) is 9.42. The van der Waals surface area contributed by atoms with Crippen molar-refractivity contribution in [3.05, 3.63) is 28.3 Å². The van der Waals surface area contributed by atoms with Gasteiger partial charge in [0.2, 0.25) is 0 Å². The predicted octanol–water partition coefficient (Wildman–Crippen LogP) is 5.37. The lowest BCUT2D eigenvalue weighted by Gasteiger charge is -2.17. The summed E-state index contributed by atoms with van der Waals surface area (Å²) < 4.78 is 0. The first-order chi connectivity index (χ1) is 10.1. The zero-order chi connectivity index (χ0) is 15.2. The van der Waals surface area contributed by atoms with Crippen molar-refractivity contribution in [3.8, 4) is 5.75 Å². The molecule has 3 heteroatoms. The van der Waals surface area contributed by atoms with E-state index < -0.39 is 0 Å². The summed E-state index contributed by atoms with van der Waals surface area (Å²) in [5, 5.41) is 14.0. The van der Waals surface area contributed by atoms with Crippen LogP contribution in [-0.2, 0) is 6.42 Å². The molecule has 0 saturated heterocycles. The van der Waals surface area contributed by atoms with Gasteiger partial charge in [-0.3, -0.25) is 0 Å². The SMILES string of the molecule is CCCCCCCCNC1CCc2c(C)cc(C)c(O)c21.Cl. The molecule has 0 bridgehead atoms. The molecular formula is C19H32ClNO. The third kappa shape index (κ3) is 4.63. The van der Waals surface area contributed by atoms with Crippen molar-refractivity contribution in [1.82, 2.24) is 5.32 Å². The maximum Gasteiger partial charge on any atom is 0.123 e. The number of nitrogens with one attached hydrogen (secondary N) is 1. The normalized spacial score (nSPS) is 16.4. The van der Waals surface area contributed by atoms with Gasteiger partial charge in [0.05, 0.1) is 0 Å². The molecule has 1 aromatic carbocycles. The fraction of sp³-hybridized carbons (Fsp3) is 0.684. The topological polar surface area (TPSA) is 32.3 Å². The number of rotatable bonds is 8. The molecule has 0 amide bonds. The van der Waals surface area contributed by atoms with Crippen LogP contribution < -0.4 is 5.32 Å². The molecule has 1 unspecified atom stereocenters. The molecule has 126 valence electrons. The summed E-state index contributed by atoms with van der Waals surface area (Å²) >= 11 is 0. The van der Waals surface area contributed by atoms with Crippen molar-refractivity contribution in [2.45, 2.75) is 78.2 Å². The van der Waals surface area contributed by atoms with Gasteiger partial charge in [-0.1, -0.05) is 45.1 Å². The Balaban J connectivity index is 0.00000242. The number of halogens is 1. The molecule has 0 heterocycles. The molecule has 0 aromatic heterocycles. The van der Waals surface area contributed by atoms with Crippen LogP contribution in [0.25, 0.3) is 0 Å². The number of phenolic OH excluding ortho intramolecular Hbond substituents is 1. The van der Waals surface area contributed by atoms with Crippen LogP contribution in [0.15, 0.2) is 6.07 Å². The van der Waals surface area contributed by atoms with E-state index in [2.05, 4.69) is 25.2 Å². The van der Waals surface area contributed by atoms with Gasteiger partial charge in [0.15, 0.2) is 0 Å². The molecule has 1 aromatic rings. The Morgan fingerprint density at radius 1 is 1.09 bits per heavy atom. The molecule has 0 radical (unpaired) electrons. The van der Waals surface area contributed by atoms with Crippen molar-refractivity contribution in [2.75, 3.05) is 6.54 Å². The highest BCUT2D eigenvalue weighted by Crippen LogP contribution is 2.41. The Morgan fingerprint density at radius 2 is 1.77 bits per heavy atom. The third-order valence-electron chi connectivity index (χ3n) is 4.82. The molecule has 2 nitrogen and oxygen atoms in total. The van der Waals surface area contributed by atoms with Crippen LogP contribution >= 0.6 is 12.4 Å². The van der Waals surface area contributed by atoms with Crippen LogP contribution in [-0.4, -0.2) is 11.7 Å². The molecule has 0 aliphatic heterocycles. The lowest BCUT2D eigenvalue weighted by Crippen LogP contribution is -2.20. The minimum absolute atomic E-state index is 0. The van der Waals surface area contributed by atoms with Crippen molar-refractivity contribution < 1.29 is 5.11 Å². The number of hydrogen-bond donors (Lipinski definition) is 2. The Kier molecular flexibility index (Phi) is 8.27. The standard InChI is InChI=1S/C19H31NO.ClH/c1-4-5-6-7-8-9-12-20-17-11-10-16-14(2)13-15(3)19(21)18(16)17;/h13,17,20-21H,4-12H2,1-3H3;1H. The summed E-state index contributed by atoms with van der Waals surface area (Å²) in [6.07, 6.45) is 10.2. The fourth-order valence-electron chi connectivity index (χ4n) is 3.57. The van der Waals surface area contributed by atoms with E-state index in [0.29, 0.717) is 11.8 Å². The van der Waals surface area contributed by atoms with Gasteiger partial charge in [-0.25, -0.2) is 0 Å². The lowest BCUT2D eigenvalue weighted by molar-refractivity contribution is 0.442. The summed E-state index contributed by atoms with van der Waals surface area (Å²) in [6.45, 7) is 7.51. The molecule has 1 aliphatic rings. The minimum atomic E-state index is 0. The molecule has 0 spiro atoms. The Labute approximate surface area is 142 Å². The van der Waals surface area contributed by atoms with Crippen LogP contribution in [0.3, 0.4) is 0 Å². The monoisotopic (exact) mass is 325 g/mol. The van der Waals surface area contributed by atoms with E-state index >= 15 is 0 Å². The average molecular weight is 326 g/mol. The highest BCUT2D eigenvalue weighted by molar-refractivity contribution is 5.85. The first kappa shape index (κ1) is 19.3. The van der Waals surface area contributed by atoms with Crippen molar-refractivity contribution >= 4 is 12.4 Å². The summed E-state index contributed by atoms with van der Waals surface area (Å²) in [5.74, 6) is 0.522. The van der Waals surface area contributed by atoms with E-state index in [-0.39, 0.29) is 12.4 Å². The quantitative estimate of drug-likeness (QED) is 0.630. The number of aryl methyl sites for hydroxylation is 2. The van der Waals surface area contributed by atoms with Crippen LogP contribution in [0.2, 0.25) is 0 Å². The third-order valence-corrected chi connectivity index (χ3v) is 4.82. The molecule has 0 fully saturated rings. The van der Waals surface area contributed by atoms with Gasteiger partial charge in [-0.15, -0.1) is 12.4 Å². The summed E-state index contributed by atoms with van der Waals surface area (Å²) in [5.41, 5.74) is 4.90. The summed E-state index contributed by atoms with van der Waals surface area (Å²) in [7, 11) is 0. The molecule has 2 rings (SSSR count). The largest absolute Gasteiger partial charge is 0.507 e. The van der Waals surface area contributed by atoms with E-state index in [1.165, 1.54) is 55.2 Å². The van der Waals surface area contributed by atoms with Crippen LogP contribution in [0, 0.1) is 13.8 Å². The van der Waals surface area contributed by atoms with E-state index in [4.69, 9.17) is 0 Å². The molecule has 1 aliphatic carbocycles. The van der Waals surface area contributed by atoms with Gasteiger partial charge in [0.25, 0.3) is 0 Å². The smallest absolute Gasteiger partial charge is 0.123 e. The first-order valence-electron chi connectivity index (χ1n) is 8.70. The maximum absolute atomic E-state index is 10.4. The predicted molar refractivity (Wildman–Crippen MR) is 97.3 cm³/mol. The van der Waals surface area contributed by atoms with Crippen molar-refractivity contribution in [2.24, 2.45) is 0 Å². The maximum atomic E-state index is 10.4. The van der Waals surface area contributed by atoms with Crippen LogP contribution in [0.4, 0.5) is 0 Å². The van der Waals surface area contributed by atoms with Gasteiger partial charge in [-0.2, -0.15) is 0 Å². The molecule has 0 saturated carbocycles. The van der Waals surface area contributed by atoms with E-state index in [0.717, 1.165) is 24.9 Å². The van der Waals surface area contributed by atoms with E-state index in [9.17, 15) is 5.11 Å². The van der Waals surface area contributed by atoms with E-state index in [1.54, 1.807) is 0 Å². The lowest BCUT2D eigenvalue weighted by atomic mass is 9.98. The number of phenols is 1. The second-order valence-corrected chi connectivity index (χ2v) is 6.56. The van der Waals surface area contributed by atoms with Gasteiger partial charge >= 0.3 is 0 Å². The van der Waals surface area contributed by atoms with Gasteiger partial charge < -0.3 is 10.4 Å². The van der Waals surface area contributed by atoms with E-state index in [1.807, 2.05) is 6.92 Å². The van der Waals surface area contributed by atoms with Gasteiger partial charge in [0.1, 0.15) is 5.75 Å². The number of benzene rings is 1. The summed E-state index contributed by atoms with van der Waals surface area (Å²) in [4.78, 5) is 0.